The summed E-state index contributed by atoms with van der Waals surface area (Å²) in [5, 5.41) is 11.7. The van der Waals surface area contributed by atoms with Crippen LogP contribution in [0.1, 0.15) is 29.7 Å². The van der Waals surface area contributed by atoms with Gasteiger partial charge in [-0.25, -0.2) is 4.98 Å². The Labute approximate surface area is 214 Å². The van der Waals surface area contributed by atoms with Crippen molar-refractivity contribution in [3.8, 4) is 5.75 Å². The molecule has 1 N–H and O–H groups in total. The van der Waals surface area contributed by atoms with E-state index in [1.54, 1.807) is 31.4 Å². The number of aromatic nitrogens is 1. The van der Waals surface area contributed by atoms with Crippen molar-refractivity contribution in [2.24, 2.45) is 0 Å². The molecule has 0 saturated carbocycles. The van der Waals surface area contributed by atoms with Crippen LogP contribution < -0.4 is 9.64 Å². The van der Waals surface area contributed by atoms with Gasteiger partial charge in [-0.2, -0.15) is 0 Å². The molecule has 6 nitrogen and oxygen atoms in total. The number of anilines is 1. The maximum atomic E-state index is 13.4. The van der Waals surface area contributed by atoms with Gasteiger partial charge in [0.1, 0.15) is 11.5 Å². The molecular weight excluding hydrogens is 528 g/mol. The number of rotatable bonds is 5. The minimum atomic E-state index is -0.823. The summed E-state index contributed by atoms with van der Waals surface area (Å²) in [6.07, 6.45) is 0.883. The number of amides is 1. The lowest BCUT2D eigenvalue weighted by molar-refractivity contribution is -0.132. The molecule has 1 aliphatic rings. The highest BCUT2D eigenvalue weighted by molar-refractivity contribution is 9.10. The molecule has 0 aliphatic carbocycles. The summed E-state index contributed by atoms with van der Waals surface area (Å²) in [6.45, 7) is 2.08. The Hall–Kier alpha value is -3.49. The van der Waals surface area contributed by atoms with Gasteiger partial charge in [-0.15, -0.1) is 0 Å². The zero-order chi connectivity index (χ0) is 24.7. The van der Waals surface area contributed by atoms with Crippen LogP contribution in [0.3, 0.4) is 0 Å². The van der Waals surface area contributed by atoms with Crippen LogP contribution in [0.5, 0.6) is 5.75 Å². The molecule has 0 radical (unpaired) electrons. The SMILES string of the molecule is CCc1ccc2nc(N3C(=O)C(=O)/C(=C(/O)c4ccc(OC)cc4)[C@H]3c3ccc(Br)cc3)sc2c1. The summed E-state index contributed by atoms with van der Waals surface area (Å²) in [5.74, 6) is -1.09. The standard InChI is InChI=1S/C27H21BrN2O4S/c1-3-15-4-13-20-21(14-15)35-27(29-20)30-23(16-5-9-18(28)10-6-16)22(25(32)26(30)33)24(31)17-7-11-19(34-2)12-8-17/h4-14,23,31H,3H2,1-2H3/b24-22+/t23-/m1/s1. The molecule has 0 bridgehead atoms. The number of aliphatic hydroxyl groups excluding tert-OH is 1. The minimum Gasteiger partial charge on any atom is -0.507 e. The number of Topliss-reactive ketones (excluding diaryl/α,β-unsaturated/α-hetero) is 1. The molecule has 35 heavy (non-hydrogen) atoms. The molecule has 5 rings (SSSR count). The monoisotopic (exact) mass is 548 g/mol. The van der Waals surface area contributed by atoms with E-state index in [1.165, 1.54) is 21.8 Å². The van der Waals surface area contributed by atoms with Crippen molar-refractivity contribution in [1.29, 1.82) is 0 Å². The number of halogens is 1. The van der Waals surface area contributed by atoms with Crippen molar-refractivity contribution in [3.63, 3.8) is 0 Å². The van der Waals surface area contributed by atoms with Gasteiger partial charge in [-0.1, -0.05) is 52.4 Å². The third-order valence-electron chi connectivity index (χ3n) is 6.05. The van der Waals surface area contributed by atoms with Gasteiger partial charge >= 0.3 is 5.91 Å². The summed E-state index contributed by atoms with van der Waals surface area (Å²) in [6, 6.07) is 19.2. The maximum absolute atomic E-state index is 13.4. The van der Waals surface area contributed by atoms with E-state index in [1.807, 2.05) is 36.4 Å². The van der Waals surface area contributed by atoms with Crippen LogP contribution in [0.25, 0.3) is 16.0 Å². The van der Waals surface area contributed by atoms with E-state index in [9.17, 15) is 14.7 Å². The summed E-state index contributed by atoms with van der Waals surface area (Å²) in [7, 11) is 1.55. The zero-order valence-corrected chi connectivity index (χ0v) is 21.4. The van der Waals surface area contributed by atoms with Gasteiger partial charge < -0.3 is 9.84 Å². The Morgan fingerprint density at radius 1 is 1.09 bits per heavy atom. The predicted octanol–water partition coefficient (Wildman–Crippen LogP) is 6.26. The van der Waals surface area contributed by atoms with E-state index in [0.717, 1.165) is 21.1 Å². The average Bonchev–Trinajstić information content (AvgIpc) is 3.41. The number of aliphatic hydroxyl groups is 1. The Kier molecular flexibility index (Phi) is 6.17. The molecule has 3 aromatic carbocycles. The lowest BCUT2D eigenvalue weighted by Crippen LogP contribution is -2.29. The number of fused-ring (bicyclic) bond motifs is 1. The number of benzene rings is 3. The van der Waals surface area contributed by atoms with Crippen molar-refractivity contribution < 1.29 is 19.4 Å². The Balaban J connectivity index is 1.69. The number of ether oxygens (including phenoxy) is 1. The molecule has 1 fully saturated rings. The zero-order valence-electron chi connectivity index (χ0n) is 19.0. The van der Waals surface area contributed by atoms with Crippen LogP contribution in [0, 0.1) is 0 Å². The van der Waals surface area contributed by atoms with E-state index in [2.05, 4.69) is 33.9 Å². The van der Waals surface area contributed by atoms with Gasteiger partial charge in [-0.05, 0) is 66.1 Å². The fourth-order valence-corrected chi connectivity index (χ4v) is 5.49. The van der Waals surface area contributed by atoms with Gasteiger partial charge in [0.2, 0.25) is 0 Å². The Bertz CT molecular complexity index is 1480. The number of ketones is 1. The van der Waals surface area contributed by atoms with Crippen molar-refractivity contribution in [2.45, 2.75) is 19.4 Å². The lowest BCUT2D eigenvalue weighted by Gasteiger charge is -2.23. The van der Waals surface area contributed by atoms with Gasteiger partial charge in [0.05, 0.1) is 28.9 Å². The molecule has 1 atom stereocenters. The van der Waals surface area contributed by atoms with Crippen LogP contribution in [-0.4, -0.2) is 28.9 Å². The quantitative estimate of drug-likeness (QED) is 0.181. The Morgan fingerprint density at radius 3 is 2.46 bits per heavy atom. The number of aryl methyl sites for hydroxylation is 1. The second kappa shape index (κ2) is 9.28. The molecule has 2 heterocycles. The molecule has 4 aromatic rings. The predicted molar refractivity (Wildman–Crippen MR) is 141 cm³/mol. The second-order valence-electron chi connectivity index (χ2n) is 8.10. The van der Waals surface area contributed by atoms with E-state index >= 15 is 0 Å². The van der Waals surface area contributed by atoms with Crippen LogP contribution in [0.15, 0.2) is 76.8 Å². The molecule has 0 unspecified atom stereocenters. The van der Waals surface area contributed by atoms with Crippen LogP contribution in [-0.2, 0) is 16.0 Å². The Morgan fingerprint density at radius 2 is 1.80 bits per heavy atom. The van der Waals surface area contributed by atoms with Gasteiger partial charge in [0.25, 0.3) is 5.78 Å². The number of methoxy groups -OCH3 is 1. The normalized spacial score (nSPS) is 17.3. The van der Waals surface area contributed by atoms with Crippen molar-refractivity contribution in [3.05, 3.63) is 93.5 Å². The number of carbonyl (C=O) groups is 2. The fraction of sp³-hybridized carbons (Fsp3) is 0.148. The lowest BCUT2D eigenvalue weighted by atomic mass is 9.95. The molecule has 176 valence electrons. The molecule has 1 amide bonds. The average molecular weight is 549 g/mol. The summed E-state index contributed by atoms with van der Waals surface area (Å²) in [5.41, 5.74) is 3.06. The third kappa shape index (κ3) is 4.13. The summed E-state index contributed by atoms with van der Waals surface area (Å²) >= 11 is 4.80. The molecule has 1 aliphatic heterocycles. The summed E-state index contributed by atoms with van der Waals surface area (Å²) < 4.78 is 6.99. The maximum Gasteiger partial charge on any atom is 0.301 e. The fourth-order valence-electron chi connectivity index (χ4n) is 4.17. The van der Waals surface area contributed by atoms with Crippen molar-refractivity contribution in [2.75, 3.05) is 12.0 Å². The van der Waals surface area contributed by atoms with E-state index in [-0.39, 0.29) is 11.3 Å². The highest BCUT2D eigenvalue weighted by atomic mass is 79.9. The van der Waals surface area contributed by atoms with Gasteiger partial charge in [0, 0.05) is 10.0 Å². The first-order chi connectivity index (χ1) is 16.9. The summed E-state index contributed by atoms with van der Waals surface area (Å²) in [4.78, 5) is 32.8. The molecule has 1 aromatic heterocycles. The number of hydrogen-bond acceptors (Lipinski definition) is 6. The first kappa shape index (κ1) is 23.3. The van der Waals surface area contributed by atoms with E-state index in [4.69, 9.17) is 4.74 Å². The van der Waals surface area contributed by atoms with E-state index < -0.39 is 17.7 Å². The number of nitrogens with zero attached hydrogens (tertiary/aromatic N) is 2. The van der Waals surface area contributed by atoms with Gasteiger partial charge in [-0.3, -0.25) is 14.5 Å². The van der Waals surface area contributed by atoms with Crippen LogP contribution >= 0.6 is 27.3 Å². The highest BCUT2D eigenvalue weighted by Crippen LogP contribution is 2.44. The second-order valence-corrected chi connectivity index (χ2v) is 10.0. The molecule has 1 saturated heterocycles. The first-order valence-corrected chi connectivity index (χ1v) is 12.6. The van der Waals surface area contributed by atoms with Crippen molar-refractivity contribution >= 4 is 60.1 Å². The molecule has 8 heteroatoms. The smallest absolute Gasteiger partial charge is 0.301 e. The van der Waals surface area contributed by atoms with Gasteiger partial charge in [0.15, 0.2) is 5.13 Å². The number of hydrogen-bond donors (Lipinski definition) is 1. The van der Waals surface area contributed by atoms with Crippen LogP contribution in [0.4, 0.5) is 5.13 Å². The number of thiazole rings is 1. The molecular formula is C27H21BrN2O4S. The first-order valence-electron chi connectivity index (χ1n) is 11.0. The molecule has 0 spiro atoms. The van der Waals surface area contributed by atoms with E-state index in [0.29, 0.717) is 22.0 Å². The third-order valence-corrected chi connectivity index (χ3v) is 7.60. The largest absolute Gasteiger partial charge is 0.507 e. The topological polar surface area (TPSA) is 79.7 Å². The van der Waals surface area contributed by atoms with Crippen molar-refractivity contribution in [1.82, 2.24) is 4.98 Å². The van der Waals surface area contributed by atoms with Crippen LogP contribution in [0.2, 0.25) is 0 Å². The highest BCUT2D eigenvalue weighted by Gasteiger charge is 2.48. The minimum absolute atomic E-state index is 0.0241. The number of carbonyl (C=O) groups excluding carboxylic acids is 2.